The Morgan fingerprint density at radius 1 is 0.765 bits per heavy atom. The van der Waals surface area contributed by atoms with Gasteiger partial charge in [-0.25, -0.2) is 0 Å². The van der Waals surface area contributed by atoms with Crippen LogP contribution in [0.5, 0.6) is 11.5 Å². The fourth-order valence-corrected chi connectivity index (χ4v) is 1.95. The van der Waals surface area contributed by atoms with Crippen LogP contribution in [0.1, 0.15) is 16.7 Å². The summed E-state index contributed by atoms with van der Waals surface area (Å²) in [5, 5.41) is 19.6. The summed E-state index contributed by atoms with van der Waals surface area (Å²) in [7, 11) is 0. The predicted molar refractivity (Wildman–Crippen MR) is 69.4 cm³/mol. The largest absolute Gasteiger partial charge is 0.508 e. The van der Waals surface area contributed by atoms with Crippen molar-refractivity contribution < 1.29 is 10.2 Å². The third-order valence-corrected chi connectivity index (χ3v) is 3.21. The summed E-state index contributed by atoms with van der Waals surface area (Å²) in [5.74, 6) is 0.402. The molecule has 0 saturated heterocycles. The van der Waals surface area contributed by atoms with Gasteiger partial charge in [0.1, 0.15) is 11.5 Å². The third kappa shape index (κ3) is 1.98. The summed E-state index contributed by atoms with van der Waals surface area (Å²) >= 11 is 0. The topological polar surface area (TPSA) is 40.5 Å². The Kier molecular flexibility index (Phi) is 2.80. The molecule has 0 bridgehead atoms. The molecule has 2 rings (SSSR count). The van der Waals surface area contributed by atoms with E-state index < -0.39 is 0 Å². The molecule has 0 saturated carbocycles. The Balaban J connectivity index is 2.68. The molecule has 0 heterocycles. The van der Waals surface area contributed by atoms with Crippen molar-refractivity contribution in [3.63, 3.8) is 0 Å². The zero-order chi connectivity index (χ0) is 12.6. The highest BCUT2D eigenvalue weighted by Crippen LogP contribution is 2.37. The highest BCUT2D eigenvalue weighted by molar-refractivity contribution is 5.76. The Morgan fingerprint density at radius 2 is 1.41 bits per heavy atom. The summed E-state index contributed by atoms with van der Waals surface area (Å²) < 4.78 is 0. The minimum atomic E-state index is 0.198. The minimum absolute atomic E-state index is 0.198. The number of rotatable bonds is 1. The molecule has 2 heteroatoms. The lowest BCUT2D eigenvalue weighted by atomic mass is 9.96. The van der Waals surface area contributed by atoms with Gasteiger partial charge < -0.3 is 10.2 Å². The van der Waals surface area contributed by atoms with Crippen molar-refractivity contribution in [2.75, 3.05) is 0 Å². The van der Waals surface area contributed by atoms with E-state index in [1.165, 1.54) is 23.3 Å². The average Bonchev–Trinajstić information content (AvgIpc) is 2.29. The molecule has 2 aromatic carbocycles. The van der Waals surface area contributed by atoms with Crippen molar-refractivity contribution in [2.45, 2.75) is 20.8 Å². The van der Waals surface area contributed by atoms with Crippen LogP contribution in [0.15, 0.2) is 30.3 Å². The lowest BCUT2D eigenvalue weighted by Crippen LogP contribution is -1.88. The van der Waals surface area contributed by atoms with Gasteiger partial charge >= 0.3 is 0 Å². The first-order chi connectivity index (χ1) is 8.00. The Bertz CT molecular complexity index is 571. The summed E-state index contributed by atoms with van der Waals surface area (Å²) in [5.41, 5.74) is 4.72. The first-order valence-electron chi connectivity index (χ1n) is 5.60. The predicted octanol–water partition coefficient (Wildman–Crippen LogP) is 3.69. The third-order valence-electron chi connectivity index (χ3n) is 3.21. The van der Waals surface area contributed by atoms with E-state index in [1.54, 1.807) is 6.92 Å². The minimum Gasteiger partial charge on any atom is -0.508 e. The van der Waals surface area contributed by atoms with Crippen LogP contribution in [-0.2, 0) is 0 Å². The van der Waals surface area contributed by atoms with Crippen LogP contribution in [-0.4, -0.2) is 10.2 Å². The molecule has 0 aliphatic rings. The van der Waals surface area contributed by atoms with Gasteiger partial charge in [-0.3, -0.25) is 0 Å². The van der Waals surface area contributed by atoms with Crippen molar-refractivity contribution in [3.8, 4) is 22.6 Å². The fourth-order valence-electron chi connectivity index (χ4n) is 1.95. The monoisotopic (exact) mass is 228 g/mol. The zero-order valence-corrected chi connectivity index (χ0v) is 10.3. The van der Waals surface area contributed by atoms with E-state index in [0.717, 1.165) is 5.56 Å². The molecule has 0 aliphatic carbocycles. The van der Waals surface area contributed by atoms with Crippen LogP contribution in [0, 0.1) is 20.8 Å². The lowest BCUT2D eigenvalue weighted by molar-refractivity contribution is 0.458. The first-order valence-corrected chi connectivity index (χ1v) is 5.60. The van der Waals surface area contributed by atoms with Crippen LogP contribution in [0.25, 0.3) is 11.1 Å². The van der Waals surface area contributed by atoms with Gasteiger partial charge in [-0.1, -0.05) is 18.2 Å². The number of hydrogen-bond donors (Lipinski definition) is 2. The summed E-state index contributed by atoms with van der Waals surface area (Å²) in [6, 6.07) is 9.04. The summed E-state index contributed by atoms with van der Waals surface area (Å²) in [6.45, 7) is 5.89. The van der Waals surface area contributed by atoms with Gasteiger partial charge in [0.05, 0.1) is 0 Å². The summed E-state index contributed by atoms with van der Waals surface area (Å²) in [4.78, 5) is 0. The smallest absolute Gasteiger partial charge is 0.123 e. The van der Waals surface area contributed by atoms with E-state index in [0.29, 0.717) is 11.1 Å². The van der Waals surface area contributed by atoms with E-state index in [-0.39, 0.29) is 11.5 Å². The molecule has 0 aliphatic heterocycles. The maximum absolute atomic E-state index is 9.92. The van der Waals surface area contributed by atoms with Crippen molar-refractivity contribution in [3.05, 3.63) is 47.0 Å². The van der Waals surface area contributed by atoms with Crippen molar-refractivity contribution in [1.29, 1.82) is 0 Å². The molecule has 2 nitrogen and oxygen atoms in total. The molecule has 0 atom stereocenters. The molecule has 0 fully saturated rings. The van der Waals surface area contributed by atoms with E-state index in [1.807, 2.05) is 32.0 Å². The van der Waals surface area contributed by atoms with Crippen molar-refractivity contribution in [1.82, 2.24) is 0 Å². The fraction of sp³-hybridized carbons (Fsp3) is 0.200. The molecule has 17 heavy (non-hydrogen) atoms. The van der Waals surface area contributed by atoms with Crippen LogP contribution in [0.3, 0.4) is 0 Å². The molecule has 0 aromatic heterocycles. The molecule has 2 N–H and O–H groups in total. The maximum Gasteiger partial charge on any atom is 0.123 e. The first kappa shape index (κ1) is 11.5. The van der Waals surface area contributed by atoms with Crippen LogP contribution >= 0.6 is 0 Å². The number of phenols is 2. The molecule has 0 amide bonds. The number of benzene rings is 2. The van der Waals surface area contributed by atoms with Gasteiger partial charge in [0, 0.05) is 11.1 Å². The number of aromatic hydroxyl groups is 2. The van der Waals surface area contributed by atoms with Gasteiger partial charge in [0.15, 0.2) is 0 Å². The molecule has 0 spiro atoms. The highest BCUT2D eigenvalue weighted by atomic mass is 16.3. The van der Waals surface area contributed by atoms with Gasteiger partial charge in [-0.15, -0.1) is 0 Å². The lowest BCUT2D eigenvalue weighted by Gasteiger charge is -2.11. The summed E-state index contributed by atoms with van der Waals surface area (Å²) in [6.07, 6.45) is 0. The Labute approximate surface area is 101 Å². The maximum atomic E-state index is 9.92. The quantitative estimate of drug-likeness (QED) is 0.731. The van der Waals surface area contributed by atoms with Gasteiger partial charge in [0.2, 0.25) is 0 Å². The molecule has 2 aromatic rings. The molecule has 0 radical (unpaired) electrons. The van der Waals surface area contributed by atoms with Crippen molar-refractivity contribution in [2.24, 2.45) is 0 Å². The number of aryl methyl sites for hydroxylation is 2. The van der Waals surface area contributed by atoms with E-state index >= 15 is 0 Å². The molecule has 88 valence electrons. The second kappa shape index (κ2) is 4.13. The zero-order valence-electron chi connectivity index (χ0n) is 10.3. The average molecular weight is 228 g/mol. The highest BCUT2D eigenvalue weighted by Gasteiger charge is 2.11. The molecular weight excluding hydrogens is 212 g/mol. The normalized spacial score (nSPS) is 10.5. The van der Waals surface area contributed by atoms with Crippen LogP contribution in [0.2, 0.25) is 0 Å². The van der Waals surface area contributed by atoms with Gasteiger partial charge in [-0.2, -0.15) is 0 Å². The van der Waals surface area contributed by atoms with Crippen molar-refractivity contribution >= 4 is 0 Å². The second-order valence-electron chi connectivity index (χ2n) is 4.40. The Hall–Kier alpha value is -1.96. The van der Waals surface area contributed by atoms with Crippen LogP contribution < -0.4 is 0 Å². The standard InChI is InChI=1S/C15H16O2/c1-9-4-5-12(8-10(9)2)15-11(3)13(16)6-7-14(15)17/h4-8,16-17H,1-3H3. The number of phenolic OH excluding ortho intramolecular Hbond substituents is 2. The second-order valence-corrected chi connectivity index (χ2v) is 4.40. The molecular formula is C15H16O2. The van der Waals surface area contributed by atoms with E-state index in [9.17, 15) is 10.2 Å². The van der Waals surface area contributed by atoms with Gasteiger partial charge in [0.25, 0.3) is 0 Å². The van der Waals surface area contributed by atoms with Crippen LogP contribution in [0.4, 0.5) is 0 Å². The number of hydrogen-bond acceptors (Lipinski definition) is 2. The molecule has 0 unspecified atom stereocenters. The Morgan fingerprint density at radius 3 is 2.06 bits per heavy atom. The SMILES string of the molecule is Cc1ccc(-c2c(O)ccc(O)c2C)cc1C. The van der Waals surface area contributed by atoms with E-state index in [2.05, 4.69) is 0 Å². The van der Waals surface area contributed by atoms with E-state index in [4.69, 9.17) is 0 Å². The van der Waals surface area contributed by atoms with Gasteiger partial charge in [-0.05, 0) is 49.6 Å².